The molecule has 1 aliphatic rings. The standard InChI is InChI=1S/C21H33N5/c1-16-5-7-25(8-6-16)13-21-10-17(2)9-20(19(21)4)12-22-11-18(3)26-15-23-14-24-26/h9-10,14-16,18,22H,5-8,11-13H2,1-4H3/t18-/m1/s1. The molecule has 0 bridgehead atoms. The summed E-state index contributed by atoms with van der Waals surface area (Å²) in [6.45, 7) is 14.4. The van der Waals surface area contributed by atoms with Crippen LogP contribution in [-0.4, -0.2) is 39.3 Å². The van der Waals surface area contributed by atoms with Crippen molar-refractivity contribution in [3.8, 4) is 0 Å². The summed E-state index contributed by atoms with van der Waals surface area (Å²) in [6, 6.07) is 5.00. The van der Waals surface area contributed by atoms with Crippen molar-refractivity contribution in [3.63, 3.8) is 0 Å². The predicted octanol–water partition coefficient (Wildman–Crippen LogP) is 3.48. The number of benzene rings is 1. The first kappa shape index (κ1) is 19.1. The van der Waals surface area contributed by atoms with E-state index in [1.54, 1.807) is 12.7 Å². The first-order valence-electron chi connectivity index (χ1n) is 9.89. The average Bonchev–Trinajstić information content (AvgIpc) is 3.15. The summed E-state index contributed by atoms with van der Waals surface area (Å²) >= 11 is 0. The molecule has 5 heteroatoms. The Morgan fingerprint density at radius 2 is 1.92 bits per heavy atom. The lowest BCUT2D eigenvalue weighted by atomic mass is 9.96. The Kier molecular flexibility index (Phi) is 6.43. The molecule has 1 fully saturated rings. The molecule has 2 heterocycles. The molecule has 0 amide bonds. The molecule has 1 N–H and O–H groups in total. The molecule has 3 rings (SSSR count). The minimum Gasteiger partial charge on any atom is -0.311 e. The lowest BCUT2D eigenvalue weighted by Gasteiger charge is -2.31. The van der Waals surface area contributed by atoms with Crippen molar-refractivity contribution < 1.29 is 0 Å². The fraction of sp³-hybridized carbons (Fsp3) is 0.619. The molecule has 1 aromatic carbocycles. The molecule has 0 radical (unpaired) electrons. The Hall–Kier alpha value is -1.72. The quantitative estimate of drug-likeness (QED) is 0.826. The van der Waals surface area contributed by atoms with Crippen molar-refractivity contribution >= 4 is 0 Å². The van der Waals surface area contributed by atoms with Crippen molar-refractivity contribution in [2.75, 3.05) is 19.6 Å². The summed E-state index contributed by atoms with van der Waals surface area (Å²) < 4.78 is 1.90. The number of rotatable bonds is 7. The maximum absolute atomic E-state index is 4.22. The second kappa shape index (κ2) is 8.78. The lowest BCUT2D eigenvalue weighted by molar-refractivity contribution is 0.185. The molecule has 0 spiro atoms. The number of hydrogen-bond acceptors (Lipinski definition) is 4. The minimum absolute atomic E-state index is 0.303. The number of nitrogens with zero attached hydrogens (tertiary/aromatic N) is 4. The fourth-order valence-electron chi connectivity index (χ4n) is 3.78. The molecule has 1 aliphatic heterocycles. The van der Waals surface area contributed by atoms with Gasteiger partial charge < -0.3 is 5.32 Å². The summed E-state index contributed by atoms with van der Waals surface area (Å²) in [6.07, 6.45) is 6.04. The van der Waals surface area contributed by atoms with Crippen LogP contribution >= 0.6 is 0 Å². The van der Waals surface area contributed by atoms with Crippen molar-refractivity contribution in [2.45, 2.75) is 59.7 Å². The smallest absolute Gasteiger partial charge is 0.137 e. The Bertz CT molecular complexity index is 687. The van der Waals surface area contributed by atoms with Gasteiger partial charge >= 0.3 is 0 Å². The molecule has 1 aromatic heterocycles. The van der Waals surface area contributed by atoms with E-state index >= 15 is 0 Å². The minimum atomic E-state index is 0.303. The highest BCUT2D eigenvalue weighted by Gasteiger charge is 2.17. The summed E-state index contributed by atoms with van der Waals surface area (Å²) in [4.78, 5) is 6.64. The molecular weight excluding hydrogens is 322 g/mol. The first-order chi connectivity index (χ1) is 12.5. The molecule has 0 aliphatic carbocycles. The Labute approximate surface area is 157 Å². The normalized spacial score (nSPS) is 17.5. The van der Waals surface area contributed by atoms with E-state index in [4.69, 9.17) is 0 Å². The molecular formula is C21H33N5. The van der Waals surface area contributed by atoms with E-state index in [-0.39, 0.29) is 0 Å². The zero-order chi connectivity index (χ0) is 18.5. The third kappa shape index (κ3) is 4.92. The Balaban J connectivity index is 1.59. The number of piperidine rings is 1. The first-order valence-corrected chi connectivity index (χ1v) is 9.89. The maximum atomic E-state index is 4.22. The van der Waals surface area contributed by atoms with Gasteiger partial charge in [-0.05, 0) is 69.3 Å². The van der Waals surface area contributed by atoms with Gasteiger partial charge in [0, 0.05) is 19.6 Å². The van der Waals surface area contributed by atoms with E-state index in [1.807, 2.05) is 4.68 Å². The Morgan fingerprint density at radius 3 is 2.62 bits per heavy atom. The van der Waals surface area contributed by atoms with Gasteiger partial charge in [-0.3, -0.25) is 4.90 Å². The van der Waals surface area contributed by atoms with Gasteiger partial charge in [-0.25, -0.2) is 9.67 Å². The molecule has 2 aromatic rings. The average molecular weight is 356 g/mol. The van der Waals surface area contributed by atoms with Crippen LogP contribution in [0.2, 0.25) is 0 Å². The van der Waals surface area contributed by atoms with E-state index in [1.165, 1.54) is 48.2 Å². The third-order valence-electron chi connectivity index (χ3n) is 5.68. The van der Waals surface area contributed by atoms with E-state index < -0.39 is 0 Å². The molecule has 0 saturated carbocycles. The zero-order valence-electron chi connectivity index (χ0n) is 16.7. The van der Waals surface area contributed by atoms with Crippen molar-refractivity contribution in [1.29, 1.82) is 0 Å². The highest BCUT2D eigenvalue weighted by molar-refractivity contribution is 5.38. The van der Waals surface area contributed by atoms with Crippen LogP contribution in [-0.2, 0) is 13.1 Å². The second-order valence-corrected chi connectivity index (χ2v) is 8.02. The molecule has 142 valence electrons. The van der Waals surface area contributed by atoms with E-state index in [0.29, 0.717) is 6.04 Å². The third-order valence-corrected chi connectivity index (χ3v) is 5.68. The van der Waals surface area contributed by atoms with Crippen LogP contribution in [0.1, 0.15) is 55.0 Å². The van der Waals surface area contributed by atoms with Gasteiger partial charge in [-0.15, -0.1) is 0 Å². The fourth-order valence-corrected chi connectivity index (χ4v) is 3.78. The van der Waals surface area contributed by atoms with E-state index in [2.05, 4.69) is 60.1 Å². The van der Waals surface area contributed by atoms with Gasteiger partial charge in [0.15, 0.2) is 0 Å². The zero-order valence-corrected chi connectivity index (χ0v) is 16.7. The largest absolute Gasteiger partial charge is 0.311 e. The highest BCUT2D eigenvalue weighted by Crippen LogP contribution is 2.22. The van der Waals surface area contributed by atoms with Gasteiger partial charge in [0.1, 0.15) is 12.7 Å². The Morgan fingerprint density at radius 1 is 1.19 bits per heavy atom. The van der Waals surface area contributed by atoms with E-state index in [0.717, 1.165) is 25.6 Å². The lowest BCUT2D eigenvalue weighted by Crippen LogP contribution is -2.32. The summed E-state index contributed by atoms with van der Waals surface area (Å²) in [5.74, 6) is 0.886. The molecule has 1 saturated heterocycles. The number of likely N-dealkylation sites (tertiary alicyclic amines) is 1. The van der Waals surface area contributed by atoms with Gasteiger partial charge in [-0.1, -0.05) is 24.6 Å². The number of nitrogens with one attached hydrogen (secondary N) is 1. The second-order valence-electron chi connectivity index (χ2n) is 8.02. The molecule has 0 unspecified atom stereocenters. The van der Waals surface area contributed by atoms with Crippen molar-refractivity contribution in [3.05, 3.63) is 47.0 Å². The summed E-state index contributed by atoms with van der Waals surface area (Å²) in [7, 11) is 0. The SMILES string of the molecule is Cc1cc(CNC[C@@H](C)n2cncn2)c(C)c(CN2CCC(C)CC2)c1. The number of aryl methyl sites for hydroxylation is 1. The van der Waals surface area contributed by atoms with Gasteiger partial charge in [-0.2, -0.15) is 5.10 Å². The van der Waals surface area contributed by atoms with Crippen LogP contribution in [0.25, 0.3) is 0 Å². The van der Waals surface area contributed by atoms with Crippen LogP contribution in [0, 0.1) is 19.8 Å². The molecule has 1 atom stereocenters. The van der Waals surface area contributed by atoms with Crippen molar-refractivity contribution in [1.82, 2.24) is 25.0 Å². The van der Waals surface area contributed by atoms with Crippen LogP contribution in [0.3, 0.4) is 0 Å². The monoisotopic (exact) mass is 355 g/mol. The summed E-state index contributed by atoms with van der Waals surface area (Å²) in [5, 5.41) is 7.81. The predicted molar refractivity (Wildman–Crippen MR) is 106 cm³/mol. The van der Waals surface area contributed by atoms with Crippen LogP contribution in [0.5, 0.6) is 0 Å². The van der Waals surface area contributed by atoms with Crippen molar-refractivity contribution in [2.24, 2.45) is 5.92 Å². The molecule has 5 nitrogen and oxygen atoms in total. The molecule has 26 heavy (non-hydrogen) atoms. The van der Waals surface area contributed by atoms with Crippen LogP contribution in [0.15, 0.2) is 24.8 Å². The number of aromatic nitrogens is 3. The topological polar surface area (TPSA) is 46.0 Å². The van der Waals surface area contributed by atoms with Gasteiger partial charge in [0.25, 0.3) is 0 Å². The van der Waals surface area contributed by atoms with Gasteiger partial charge in [0.2, 0.25) is 0 Å². The maximum Gasteiger partial charge on any atom is 0.137 e. The van der Waals surface area contributed by atoms with Crippen LogP contribution in [0.4, 0.5) is 0 Å². The van der Waals surface area contributed by atoms with E-state index in [9.17, 15) is 0 Å². The van der Waals surface area contributed by atoms with Crippen LogP contribution < -0.4 is 5.32 Å². The summed E-state index contributed by atoms with van der Waals surface area (Å²) in [5.41, 5.74) is 5.70. The highest BCUT2D eigenvalue weighted by atomic mass is 15.3. The number of hydrogen-bond donors (Lipinski definition) is 1. The van der Waals surface area contributed by atoms with Gasteiger partial charge in [0.05, 0.1) is 6.04 Å².